The second kappa shape index (κ2) is 14.2. The van der Waals surface area contributed by atoms with Crippen molar-refractivity contribution in [3.63, 3.8) is 0 Å². The van der Waals surface area contributed by atoms with Gasteiger partial charge in [-0.15, -0.1) is 6.58 Å². The number of carbonyl (C=O) groups is 1. The van der Waals surface area contributed by atoms with Gasteiger partial charge in [0.25, 0.3) is 0 Å². The van der Waals surface area contributed by atoms with Crippen LogP contribution in [0.25, 0.3) is 0 Å². The lowest BCUT2D eigenvalue weighted by molar-refractivity contribution is -0.140. The van der Waals surface area contributed by atoms with Gasteiger partial charge in [0, 0.05) is 6.92 Å². The molecule has 80 valence electrons. The van der Waals surface area contributed by atoms with Crippen LogP contribution >= 0.6 is 0 Å². The second-order valence-electron chi connectivity index (χ2n) is 2.20. The molecule has 0 N–H and O–H groups in total. The van der Waals surface area contributed by atoms with E-state index in [9.17, 15) is 4.79 Å². The maximum absolute atomic E-state index is 9.82. The third-order valence-electron chi connectivity index (χ3n) is 0.942. The van der Waals surface area contributed by atoms with Crippen molar-refractivity contribution in [3.05, 3.63) is 12.7 Å². The van der Waals surface area contributed by atoms with E-state index in [1.165, 1.54) is 6.92 Å². The summed E-state index contributed by atoms with van der Waals surface area (Å²) in [6.45, 7) is 8.16. The highest BCUT2D eigenvalue weighted by atomic mass is 16.5. The van der Waals surface area contributed by atoms with E-state index in [0.717, 1.165) is 0 Å². The second-order valence-corrected chi connectivity index (χ2v) is 2.20. The number of nitriles is 1. The predicted octanol–water partition coefficient (Wildman–Crippen LogP) is 1.67. The van der Waals surface area contributed by atoms with Crippen LogP contribution in [0.15, 0.2) is 12.7 Å². The number of hydrogen-bond donors (Lipinski definition) is 0. The average molecular weight is 199 g/mol. The van der Waals surface area contributed by atoms with Crippen LogP contribution in [-0.2, 0) is 14.3 Å². The zero-order chi connectivity index (χ0) is 11.2. The van der Waals surface area contributed by atoms with Crippen molar-refractivity contribution in [1.82, 2.24) is 0 Å². The van der Waals surface area contributed by atoms with Crippen molar-refractivity contribution >= 4 is 5.97 Å². The standard InChI is InChI=1S/C6H9NO.C4H8O2/c1-2-5-8-6-3-4-7;1-3-6-4(2)5/h2H,1,3,5-6H2;3H2,1-2H3. The summed E-state index contributed by atoms with van der Waals surface area (Å²) in [7, 11) is 0. The monoisotopic (exact) mass is 199 g/mol. The Kier molecular flexibility index (Phi) is 15.4. The van der Waals surface area contributed by atoms with Gasteiger partial charge < -0.3 is 9.47 Å². The van der Waals surface area contributed by atoms with Crippen LogP contribution in [0.5, 0.6) is 0 Å². The fraction of sp³-hybridized carbons (Fsp3) is 0.600. The molecule has 4 nitrogen and oxygen atoms in total. The topological polar surface area (TPSA) is 59.3 Å². The van der Waals surface area contributed by atoms with Crippen molar-refractivity contribution < 1.29 is 14.3 Å². The summed E-state index contributed by atoms with van der Waals surface area (Å²) in [5.41, 5.74) is 0. The van der Waals surface area contributed by atoms with Crippen LogP contribution in [0, 0.1) is 11.3 Å². The Morgan fingerprint density at radius 3 is 2.57 bits per heavy atom. The first kappa shape index (κ1) is 15.1. The normalized spacial score (nSPS) is 7.79. The number of rotatable bonds is 5. The molecule has 14 heavy (non-hydrogen) atoms. The van der Waals surface area contributed by atoms with Crippen molar-refractivity contribution in [2.24, 2.45) is 0 Å². The van der Waals surface area contributed by atoms with Gasteiger partial charge in [0.2, 0.25) is 0 Å². The van der Waals surface area contributed by atoms with Crippen LogP contribution in [0.3, 0.4) is 0 Å². The van der Waals surface area contributed by atoms with E-state index in [2.05, 4.69) is 11.3 Å². The Morgan fingerprint density at radius 2 is 2.29 bits per heavy atom. The van der Waals surface area contributed by atoms with Gasteiger partial charge in [0.15, 0.2) is 0 Å². The molecule has 0 aliphatic heterocycles. The van der Waals surface area contributed by atoms with Crippen LogP contribution in [-0.4, -0.2) is 25.8 Å². The number of ether oxygens (including phenoxy) is 2. The third-order valence-corrected chi connectivity index (χ3v) is 0.942. The molecule has 0 aliphatic carbocycles. The van der Waals surface area contributed by atoms with Crippen molar-refractivity contribution in [1.29, 1.82) is 5.26 Å². The summed E-state index contributed by atoms with van der Waals surface area (Å²) in [4.78, 5) is 9.82. The molecule has 0 bridgehead atoms. The van der Waals surface area contributed by atoms with E-state index in [1.54, 1.807) is 13.0 Å². The van der Waals surface area contributed by atoms with E-state index in [4.69, 9.17) is 10.00 Å². The predicted molar refractivity (Wildman–Crippen MR) is 53.6 cm³/mol. The molecular formula is C10H17NO3. The Bertz CT molecular complexity index is 184. The summed E-state index contributed by atoms with van der Waals surface area (Å²) in [6, 6.07) is 1.97. The molecule has 0 heterocycles. The van der Waals surface area contributed by atoms with Crippen LogP contribution < -0.4 is 0 Å². The van der Waals surface area contributed by atoms with Crippen molar-refractivity contribution in [3.8, 4) is 6.07 Å². The van der Waals surface area contributed by atoms with E-state index in [-0.39, 0.29) is 5.97 Å². The third kappa shape index (κ3) is 22.4. The fourth-order valence-electron chi connectivity index (χ4n) is 0.488. The van der Waals surface area contributed by atoms with Crippen LogP contribution in [0.2, 0.25) is 0 Å². The maximum atomic E-state index is 9.82. The lowest BCUT2D eigenvalue weighted by atomic mass is 10.5. The fourth-order valence-corrected chi connectivity index (χ4v) is 0.488. The minimum Gasteiger partial charge on any atom is -0.466 e. The van der Waals surface area contributed by atoms with Crippen molar-refractivity contribution in [2.45, 2.75) is 20.3 Å². The Labute approximate surface area is 85.1 Å². The molecule has 0 spiro atoms. The van der Waals surface area contributed by atoms with Gasteiger partial charge in [0.1, 0.15) is 0 Å². The molecular weight excluding hydrogens is 182 g/mol. The van der Waals surface area contributed by atoms with Gasteiger partial charge in [-0.05, 0) is 6.92 Å². The minimum absolute atomic E-state index is 0.211. The zero-order valence-corrected chi connectivity index (χ0v) is 8.78. The minimum atomic E-state index is -0.211. The Balaban J connectivity index is 0. The highest BCUT2D eigenvalue weighted by Gasteiger charge is 1.81. The number of esters is 1. The SMILES string of the molecule is C=CCOCCC#N.CCOC(C)=O. The molecule has 0 fully saturated rings. The molecule has 0 rings (SSSR count). The highest BCUT2D eigenvalue weighted by molar-refractivity contribution is 5.65. The van der Waals surface area contributed by atoms with Gasteiger partial charge in [-0.25, -0.2) is 0 Å². The highest BCUT2D eigenvalue weighted by Crippen LogP contribution is 1.78. The first-order chi connectivity index (χ1) is 6.68. The molecule has 0 aromatic heterocycles. The van der Waals surface area contributed by atoms with Crippen LogP contribution in [0.4, 0.5) is 0 Å². The smallest absolute Gasteiger partial charge is 0.302 e. The van der Waals surface area contributed by atoms with Gasteiger partial charge in [0.05, 0.1) is 32.3 Å². The number of nitrogens with zero attached hydrogens (tertiary/aromatic N) is 1. The molecule has 0 aromatic carbocycles. The summed E-state index contributed by atoms with van der Waals surface area (Å²) in [6.07, 6.45) is 2.13. The Morgan fingerprint density at radius 1 is 1.64 bits per heavy atom. The van der Waals surface area contributed by atoms with Gasteiger partial charge in [-0.2, -0.15) is 5.26 Å². The molecule has 0 amide bonds. The lowest BCUT2D eigenvalue weighted by Crippen LogP contribution is -1.95. The molecule has 0 saturated carbocycles. The van der Waals surface area contributed by atoms with E-state index >= 15 is 0 Å². The van der Waals surface area contributed by atoms with Gasteiger partial charge in [-0.1, -0.05) is 6.08 Å². The molecule has 0 atom stereocenters. The molecule has 0 radical (unpaired) electrons. The summed E-state index contributed by atoms with van der Waals surface area (Å²) >= 11 is 0. The molecule has 4 heteroatoms. The lowest BCUT2D eigenvalue weighted by Gasteiger charge is -1.91. The van der Waals surface area contributed by atoms with Gasteiger partial charge in [-0.3, -0.25) is 4.79 Å². The summed E-state index contributed by atoms with van der Waals surface area (Å²) < 4.78 is 9.29. The first-order valence-corrected chi connectivity index (χ1v) is 4.38. The van der Waals surface area contributed by atoms with Crippen molar-refractivity contribution in [2.75, 3.05) is 19.8 Å². The van der Waals surface area contributed by atoms with Crippen LogP contribution in [0.1, 0.15) is 20.3 Å². The summed E-state index contributed by atoms with van der Waals surface area (Å²) in [5, 5.41) is 8.01. The zero-order valence-electron chi connectivity index (χ0n) is 8.78. The van der Waals surface area contributed by atoms with E-state index in [0.29, 0.717) is 26.2 Å². The Hall–Kier alpha value is -1.34. The average Bonchev–Trinajstić information content (AvgIpc) is 2.13. The summed E-state index contributed by atoms with van der Waals surface area (Å²) in [5.74, 6) is -0.211. The molecule has 0 aromatic rings. The largest absolute Gasteiger partial charge is 0.466 e. The molecule has 0 aliphatic rings. The quantitative estimate of drug-likeness (QED) is 0.384. The number of carbonyl (C=O) groups excluding carboxylic acids is 1. The van der Waals surface area contributed by atoms with E-state index < -0.39 is 0 Å². The molecule has 0 unspecified atom stereocenters. The maximum Gasteiger partial charge on any atom is 0.302 e. The van der Waals surface area contributed by atoms with E-state index in [1.807, 2.05) is 6.07 Å². The first-order valence-electron chi connectivity index (χ1n) is 4.38. The number of hydrogen-bond acceptors (Lipinski definition) is 4. The molecule has 0 saturated heterocycles. The van der Waals surface area contributed by atoms with Gasteiger partial charge >= 0.3 is 5.97 Å².